The second kappa shape index (κ2) is 19.5. The summed E-state index contributed by atoms with van der Waals surface area (Å²) < 4.78 is 4.76. The number of hydrogen-bond donors (Lipinski definition) is 1. The number of ether oxygens (including phenoxy) is 1. The van der Waals surface area contributed by atoms with Crippen molar-refractivity contribution in [3.63, 3.8) is 0 Å². The zero-order valence-corrected chi connectivity index (χ0v) is 38.0. The van der Waals surface area contributed by atoms with Crippen LogP contribution < -0.4 is 5.32 Å². The molecule has 3 fully saturated rings. The largest absolute Gasteiger partial charge is 0.453 e. The third-order valence-corrected chi connectivity index (χ3v) is 14.0. The van der Waals surface area contributed by atoms with Crippen molar-refractivity contribution in [2.24, 2.45) is 17.8 Å². The Balaban J connectivity index is 1.18. The summed E-state index contributed by atoms with van der Waals surface area (Å²) >= 11 is 0. The Morgan fingerprint density at radius 3 is 1.48 bits per heavy atom. The predicted molar refractivity (Wildman–Crippen MR) is 241 cm³/mol. The van der Waals surface area contributed by atoms with Gasteiger partial charge in [0.15, 0.2) is 11.6 Å². The van der Waals surface area contributed by atoms with Crippen LogP contribution in [0.25, 0.3) is 0 Å². The predicted octanol–water partition coefficient (Wildman–Crippen LogP) is 9.31. The Labute approximate surface area is 364 Å². The van der Waals surface area contributed by atoms with Crippen LogP contribution in [0.4, 0.5) is 4.79 Å². The van der Waals surface area contributed by atoms with Gasteiger partial charge in [0, 0.05) is 31.8 Å². The van der Waals surface area contributed by atoms with E-state index in [1.165, 1.54) is 29.4 Å². The Morgan fingerprint density at radius 1 is 0.623 bits per heavy atom. The number of benzene rings is 3. The first kappa shape index (κ1) is 45.7. The topological polar surface area (TPSA) is 113 Å². The van der Waals surface area contributed by atoms with Gasteiger partial charge in [0.25, 0.3) is 0 Å². The van der Waals surface area contributed by atoms with Gasteiger partial charge >= 0.3 is 6.09 Å². The first-order valence-corrected chi connectivity index (χ1v) is 22.8. The van der Waals surface area contributed by atoms with Gasteiger partial charge in [-0.25, -0.2) is 4.79 Å². The minimum absolute atomic E-state index is 0.0110. The highest BCUT2D eigenvalue weighted by molar-refractivity contribution is 5.94. The number of ketones is 2. The van der Waals surface area contributed by atoms with E-state index in [4.69, 9.17) is 4.74 Å². The van der Waals surface area contributed by atoms with Crippen LogP contribution >= 0.6 is 0 Å². The van der Waals surface area contributed by atoms with Crippen LogP contribution in [-0.2, 0) is 42.2 Å². The monoisotopic (exact) mass is 832 g/mol. The molecule has 3 aromatic rings. The molecular formula is C52H69N3O6. The Hall–Kier alpha value is -4.79. The van der Waals surface area contributed by atoms with Crippen LogP contribution in [0.3, 0.4) is 0 Å². The number of hydrogen-bond acceptors (Lipinski definition) is 6. The SMILES string of the molecule is COC(=O)N[C@H](C(=O)N1CCCC1C(=O)Cc1ccc(C2CCC(c3ccc(CC(=O)C4CCCN4C(=O)[C@@H](C)C(C)C)cc3)C2c2ccc(C(C)(C)C)cc2)cc1)C(C)C. The van der Waals surface area contributed by atoms with Crippen molar-refractivity contribution < 1.29 is 28.7 Å². The number of alkyl carbamates (subject to hydrolysis) is 1. The third kappa shape index (κ3) is 10.5. The molecule has 1 saturated carbocycles. The molecule has 2 saturated heterocycles. The van der Waals surface area contributed by atoms with Crippen LogP contribution in [0.1, 0.15) is 145 Å². The molecule has 0 aromatic heterocycles. The van der Waals surface area contributed by atoms with Gasteiger partial charge in [0.2, 0.25) is 11.8 Å². The lowest BCUT2D eigenvalue weighted by atomic mass is 9.76. The second-order valence-electron chi connectivity index (χ2n) is 19.7. The number of nitrogens with zero attached hydrogens (tertiary/aromatic N) is 2. The van der Waals surface area contributed by atoms with E-state index in [9.17, 15) is 24.0 Å². The van der Waals surface area contributed by atoms with Crippen molar-refractivity contribution in [3.8, 4) is 0 Å². The summed E-state index contributed by atoms with van der Waals surface area (Å²) in [6.07, 6.45) is 4.90. The van der Waals surface area contributed by atoms with E-state index in [0.29, 0.717) is 25.9 Å². The average molecular weight is 832 g/mol. The van der Waals surface area contributed by atoms with Gasteiger partial charge in [0.1, 0.15) is 6.04 Å². The normalized spacial score (nSPS) is 22.7. The van der Waals surface area contributed by atoms with Gasteiger partial charge in [0.05, 0.1) is 19.2 Å². The van der Waals surface area contributed by atoms with Crippen molar-refractivity contribution >= 4 is 29.5 Å². The zero-order chi connectivity index (χ0) is 44.2. The summed E-state index contributed by atoms with van der Waals surface area (Å²) in [6, 6.07) is 24.7. The quantitative estimate of drug-likeness (QED) is 0.173. The summed E-state index contributed by atoms with van der Waals surface area (Å²) in [4.78, 5) is 69.7. The van der Waals surface area contributed by atoms with Gasteiger partial charge in [-0.15, -0.1) is 0 Å². The molecule has 2 aliphatic heterocycles. The highest BCUT2D eigenvalue weighted by Gasteiger charge is 2.41. The first-order chi connectivity index (χ1) is 29.0. The van der Waals surface area contributed by atoms with Crippen LogP contribution in [0.2, 0.25) is 0 Å². The summed E-state index contributed by atoms with van der Waals surface area (Å²) in [5, 5.41) is 2.66. The maximum atomic E-state index is 13.8. The molecule has 2 heterocycles. The Morgan fingerprint density at radius 2 is 1.07 bits per heavy atom. The molecule has 0 spiro atoms. The molecular weight excluding hydrogens is 763 g/mol. The molecule has 0 bridgehead atoms. The average Bonchev–Trinajstić information content (AvgIpc) is 4.03. The standard InChI is InChI=1S/C52H69N3O6/c1-32(2)34(5)49(58)54-28-10-12-43(54)45(56)30-35-14-18-37(19-15-35)41-26-27-42(47(41)39-22-24-40(25-23-39)52(6,7)8)38-20-16-36(17-21-38)31-46(57)44-13-11-29-55(44)50(59)48(33(3)4)53-51(60)61-9/h14-25,32-34,41-44,47-48H,10-13,26-31H2,1-9H3,(H,53,60)/t34-,41?,42?,43?,44?,47?,48-/m0/s1. The maximum absolute atomic E-state index is 13.8. The zero-order valence-electron chi connectivity index (χ0n) is 38.0. The number of carbonyl (C=O) groups excluding carboxylic acids is 5. The number of nitrogens with one attached hydrogen (secondary N) is 1. The van der Waals surface area contributed by atoms with E-state index in [0.717, 1.165) is 43.2 Å². The fourth-order valence-electron chi connectivity index (χ4n) is 9.98. The summed E-state index contributed by atoms with van der Waals surface area (Å²) in [5.41, 5.74) is 7.08. The molecule has 3 aliphatic rings. The van der Waals surface area contributed by atoms with E-state index in [-0.39, 0.29) is 76.8 Å². The molecule has 0 radical (unpaired) electrons. The first-order valence-electron chi connectivity index (χ1n) is 22.8. The number of rotatable bonds is 14. The van der Waals surface area contributed by atoms with Crippen LogP contribution in [0, 0.1) is 17.8 Å². The lowest BCUT2D eigenvalue weighted by Crippen LogP contribution is -2.53. The minimum Gasteiger partial charge on any atom is -0.453 e. The molecule has 1 N–H and O–H groups in total. The van der Waals surface area contributed by atoms with Gasteiger partial charge in [-0.05, 0) is 107 Å². The minimum atomic E-state index is -0.764. The molecule has 9 heteroatoms. The Kier molecular flexibility index (Phi) is 14.6. The number of methoxy groups -OCH3 is 1. The van der Waals surface area contributed by atoms with Crippen molar-refractivity contribution in [2.75, 3.05) is 20.2 Å². The van der Waals surface area contributed by atoms with E-state index in [2.05, 4.69) is 113 Å². The molecule has 3 amide bonds. The van der Waals surface area contributed by atoms with Crippen LogP contribution in [-0.4, -0.2) is 77.6 Å². The van der Waals surface area contributed by atoms with E-state index in [1.807, 2.05) is 25.7 Å². The molecule has 3 aromatic carbocycles. The molecule has 7 atom stereocenters. The summed E-state index contributed by atoms with van der Waals surface area (Å²) in [5.74, 6) is 0.754. The smallest absolute Gasteiger partial charge is 0.407 e. The van der Waals surface area contributed by atoms with Gasteiger partial charge in [-0.1, -0.05) is 128 Å². The number of likely N-dealkylation sites (tertiary alicyclic amines) is 2. The molecule has 1 aliphatic carbocycles. The van der Waals surface area contributed by atoms with Crippen LogP contribution in [0.5, 0.6) is 0 Å². The molecule has 9 nitrogen and oxygen atoms in total. The fourth-order valence-corrected chi connectivity index (χ4v) is 9.98. The highest BCUT2D eigenvalue weighted by Crippen LogP contribution is 2.54. The lowest BCUT2D eigenvalue weighted by Gasteiger charge is -2.30. The lowest BCUT2D eigenvalue weighted by molar-refractivity contribution is -0.141. The Bertz CT molecular complexity index is 2020. The second-order valence-corrected chi connectivity index (χ2v) is 19.7. The molecule has 5 unspecified atom stereocenters. The van der Waals surface area contributed by atoms with Crippen molar-refractivity contribution in [1.29, 1.82) is 0 Å². The summed E-state index contributed by atoms with van der Waals surface area (Å²) in [7, 11) is 1.27. The van der Waals surface area contributed by atoms with Gasteiger partial charge in [-0.2, -0.15) is 0 Å². The van der Waals surface area contributed by atoms with Crippen molar-refractivity contribution in [2.45, 2.75) is 148 Å². The van der Waals surface area contributed by atoms with Gasteiger partial charge < -0.3 is 19.9 Å². The van der Waals surface area contributed by atoms with Crippen LogP contribution in [0.15, 0.2) is 72.8 Å². The highest BCUT2D eigenvalue weighted by atomic mass is 16.5. The third-order valence-electron chi connectivity index (χ3n) is 14.0. The van der Waals surface area contributed by atoms with Gasteiger partial charge in [-0.3, -0.25) is 19.2 Å². The number of Topliss-reactive ketones (excluding diaryl/α,β-unsaturated/α-hetero) is 2. The van der Waals surface area contributed by atoms with E-state index >= 15 is 0 Å². The maximum Gasteiger partial charge on any atom is 0.407 e. The van der Waals surface area contributed by atoms with Crippen molar-refractivity contribution in [1.82, 2.24) is 15.1 Å². The van der Waals surface area contributed by atoms with Crippen molar-refractivity contribution in [3.05, 3.63) is 106 Å². The fraction of sp³-hybridized carbons (Fsp3) is 0.558. The number of amides is 3. The molecule has 6 rings (SSSR count). The van der Waals surface area contributed by atoms with E-state index in [1.54, 1.807) is 4.90 Å². The molecule has 61 heavy (non-hydrogen) atoms. The summed E-state index contributed by atoms with van der Waals surface area (Å²) in [6.45, 7) is 17.7. The van der Waals surface area contributed by atoms with E-state index < -0.39 is 18.2 Å². The number of carbonyl (C=O) groups is 5. The molecule has 328 valence electrons.